The largest absolute Gasteiger partial charge is 0.383 e. The van der Waals surface area contributed by atoms with Crippen LogP contribution in [0.2, 0.25) is 5.02 Å². The van der Waals surface area contributed by atoms with Crippen molar-refractivity contribution in [1.29, 1.82) is 0 Å². The van der Waals surface area contributed by atoms with E-state index in [1.807, 2.05) is 0 Å². The highest BCUT2D eigenvalue weighted by atomic mass is 35.5. The van der Waals surface area contributed by atoms with Gasteiger partial charge in [0, 0.05) is 17.2 Å². The van der Waals surface area contributed by atoms with Crippen LogP contribution in [0.1, 0.15) is 18.6 Å². The number of benzene rings is 1. The molecular formula is C10H13ClO3. The second kappa shape index (κ2) is 5.32. The molecule has 0 radical (unpaired) electrons. The molecule has 0 fully saturated rings. The lowest BCUT2D eigenvalue weighted by molar-refractivity contribution is -0.160. The van der Waals surface area contributed by atoms with Crippen molar-refractivity contribution in [3.63, 3.8) is 0 Å². The molecule has 0 spiro atoms. The Morgan fingerprint density at radius 2 is 2.00 bits per heavy atom. The molecule has 1 rings (SSSR count). The minimum atomic E-state index is -1.24. The van der Waals surface area contributed by atoms with Gasteiger partial charge in [0.15, 0.2) is 6.29 Å². The molecule has 2 atom stereocenters. The zero-order valence-corrected chi connectivity index (χ0v) is 8.61. The Kier molecular flexibility index (Phi) is 4.35. The Morgan fingerprint density at radius 3 is 2.57 bits per heavy atom. The van der Waals surface area contributed by atoms with Gasteiger partial charge in [-0.2, -0.15) is 0 Å². The first-order valence-corrected chi connectivity index (χ1v) is 4.76. The highest BCUT2D eigenvalue weighted by Gasteiger charge is 2.20. The second-order valence-corrected chi connectivity index (χ2v) is 3.22. The number of halogens is 1. The van der Waals surface area contributed by atoms with Crippen molar-refractivity contribution in [3.05, 3.63) is 34.9 Å². The van der Waals surface area contributed by atoms with Gasteiger partial charge in [-0.3, -0.25) is 0 Å². The van der Waals surface area contributed by atoms with Crippen LogP contribution in [0.3, 0.4) is 0 Å². The number of hydrogen-bond acceptors (Lipinski definition) is 3. The van der Waals surface area contributed by atoms with Crippen LogP contribution in [0.15, 0.2) is 24.3 Å². The maximum atomic E-state index is 9.64. The summed E-state index contributed by atoms with van der Waals surface area (Å²) in [6.07, 6.45) is -2.34. The van der Waals surface area contributed by atoms with E-state index in [9.17, 15) is 10.2 Å². The zero-order valence-electron chi connectivity index (χ0n) is 7.85. The fourth-order valence-electron chi connectivity index (χ4n) is 1.13. The molecule has 78 valence electrons. The summed E-state index contributed by atoms with van der Waals surface area (Å²) >= 11 is 5.84. The summed E-state index contributed by atoms with van der Waals surface area (Å²) in [5.41, 5.74) is 0.468. The molecule has 1 unspecified atom stereocenters. The van der Waals surface area contributed by atoms with Gasteiger partial charge in [-0.1, -0.05) is 29.8 Å². The lowest BCUT2D eigenvalue weighted by Gasteiger charge is -2.18. The fourth-order valence-corrected chi connectivity index (χ4v) is 1.38. The van der Waals surface area contributed by atoms with Gasteiger partial charge >= 0.3 is 0 Å². The van der Waals surface area contributed by atoms with Crippen LogP contribution in [0.4, 0.5) is 0 Å². The van der Waals surface area contributed by atoms with E-state index in [0.29, 0.717) is 17.2 Å². The highest BCUT2D eigenvalue weighted by molar-refractivity contribution is 6.31. The number of ether oxygens (including phenoxy) is 1. The van der Waals surface area contributed by atoms with Gasteiger partial charge in [0.25, 0.3) is 0 Å². The van der Waals surface area contributed by atoms with Crippen LogP contribution < -0.4 is 0 Å². The molecule has 14 heavy (non-hydrogen) atoms. The van der Waals surface area contributed by atoms with Gasteiger partial charge in [-0.15, -0.1) is 0 Å². The van der Waals surface area contributed by atoms with E-state index in [-0.39, 0.29) is 0 Å². The van der Waals surface area contributed by atoms with Gasteiger partial charge in [-0.05, 0) is 13.0 Å². The summed E-state index contributed by atoms with van der Waals surface area (Å²) in [6, 6.07) is 6.79. The fraction of sp³-hybridized carbons (Fsp3) is 0.400. The maximum absolute atomic E-state index is 9.64. The molecule has 0 aliphatic rings. The predicted molar refractivity (Wildman–Crippen MR) is 54.0 cm³/mol. The average molecular weight is 217 g/mol. The van der Waals surface area contributed by atoms with Crippen molar-refractivity contribution < 1.29 is 14.9 Å². The Hall–Kier alpha value is -0.610. The Balaban J connectivity index is 2.78. The summed E-state index contributed by atoms with van der Waals surface area (Å²) in [6.45, 7) is 2.07. The normalized spacial score (nSPS) is 15.1. The summed E-state index contributed by atoms with van der Waals surface area (Å²) in [7, 11) is 0. The van der Waals surface area contributed by atoms with E-state index in [1.165, 1.54) is 0 Å². The molecule has 0 heterocycles. The van der Waals surface area contributed by atoms with E-state index in [1.54, 1.807) is 31.2 Å². The van der Waals surface area contributed by atoms with Crippen molar-refractivity contribution >= 4 is 11.6 Å². The summed E-state index contributed by atoms with van der Waals surface area (Å²) in [5, 5.41) is 19.4. The standard InChI is InChI=1S/C10H13ClO3/c1-2-14-10(13)9(12)7-5-3-4-6-8(7)11/h3-6,9-10,12-13H,2H2,1H3/t9-,10?/m1/s1. The monoisotopic (exact) mass is 216 g/mol. The quantitative estimate of drug-likeness (QED) is 0.754. The van der Waals surface area contributed by atoms with Crippen LogP contribution >= 0.6 is 11.6 Å². The van der Waals surface area contributed by atoms with Crippen LogP contribution in [0.5, 0.6) is 0 Å². The topological polar surface area (TPSA) is 49.7 Å². The molecule has 1 aromatic carbocycles. The van der Waals surface area contributed by atoms with Gasteiger partial charge in [0.2, 0.25) is 0 Å². The predicted octanol–water partition coefficient (Wildman–Crippen LogP) is 1.73. The average Bonchev–Trinajstić information content (AvgIpc) is 2.18. The number of rotatable bonds is 4. The van der Waals surface area contributed by atoms with Gasteiger partial charge in [0.1, 0.15) is 6.10 Å². The lowest BCUT2D eigenvalue weighted by atomic mass is 10.1. The number of hydrogen-bond donors (Lipinski definition) is 2. The molecule has 0 amide bonds. The lowest BCUT2D eigenvalue weighted by Crippen LogP contribution is -2.21. The van der Waals surface area contributed by atoms with Gasteiger partial charge in [0.05, 0.1) is 0 Å². The van der Waals surface area contributed by atoms with Crippen LogP contribution in [0, 0.1) is 0 Å². The smallest absolute Gasteiger partial charge is 0.185 e. The third kappa shape index (κ3) is 2.69. The first-order valence-electron chi connectivity index (χ1n) is 4.39. The molecule has 2 N–H and O–H groups in total. The number of aliphatic hydroxyl groups is 2. The summed E-state index contributed by atoms with van der Waals surface area (Å²) in [4.78, 5) is 0. The molecule has 0 aliphatic heterocycles. The minimum absolute atomic E-state index is 0.336. The van der Waals surface area contributed by atoms with Crippen LogP contribution in [-0.4, -0.2) is 23.1 Å². The summed E-state index contributed by atoms with van der Waals surface area (Å²) in [5.74, 6) is 0. The minimum Gasteiger partial charge on any atom is -0.383 e. The van der Waals surface area contributed by atoms with E-state index < -0.39 is 12.4 Å². The van der Waals surface area contributed by atoms with Gasteiger partial charge < -0.3 is 14.9 Å². The second-order valence-electron chi connectivity index (χ2n) is 2.81. The van der Waals surface area contributed by atoms with Crippen molar-refractivity contribution in [2.24, 2.45) is 0 Å². The maximum Gasteiger partial charge on any atom is 0.185 e. The van der Waals surface area contributed by atoms with E-state index in [4.69, 9.17) is 16.3 Å². The van der Waals surface area contributed by atoms with Crippen LogP contribution in [-0.2, 0) is 4.74 Å². The molecule has 0 aliphatic carbocycles. The van der Waals surface area contributed by atoms with Crippen molar-refractivity contribution in [1.82, 2.24) is 0 Å². The molecule has 0 saturated heterocycles. The molecule has 1 aromatic rings. The number of aliphatic hydroxyl groups excluding tert-OH is 2. The van der Waals surface area contributed by atoms with E-state index in [0.717, 1.165) is 0 Å². The summed E-state index contributed by atoms with van der Waals surface area (Å²) < 4.78 is 4.86. The Labute approximate surface area is 87.9 Å². The van der Waals surface area contributed by atoms with Crippen molar-refractivity contribution in [2.75, 3.05) is 6.61 Å². The van der Waals surface area contributed by atoms with Crippen LogP contribution in [0.25, 0.3) is 0 Å². The molecule has 0 bridgehead atoms. The molecule has 0 aromatic heterocycles. The first-order chi connectivity index (χ1) is 6.66. The van der Waals surface area contributed by atoms with Gasteiger partial charge in [-0.25, -0.2) is 0 Å². The molecule has 4 heteroatoms. The third-order valence-electron chi connectivity index (χ3n) is 1.83. The Morgan fingerprint density at radius 1 is 1.36 bits per heavy atom. The molecular weight excluding hydrogens is 204 g/mol. The van der Waals surface area contributed by atoms with Crippen molar-refractivity contribution in [3.8, 4) is 0 Å². The SMILES string of the molecule is CCOC(O)[C@H](O)c1ccccc1Cl. The third-order valence-corrected chi connectivity index (χ3v) is 2.18. The molecule has 3 nitrogen and oxygen atoms in total. The van der Waals surface area contributed by atoms with E-state index >= 15 is 0 Å². The Bertz CT molecular complexity index is 290. The molecule has 0 saturated carbocycles. The zero-order chi connectivity index (χ0) is 10.6. The van der Waals surface area contributed by atoms with E-state index in [2.05, 4.69) is 0 Å². The highest BCUT2D eigenvalue weighted by Crippen LogP contribution is 2.25. The first kappa shape index (κ1) is 11.5. The van der Waals surface area contributed by atoms with Crippen molar-refractivity contribution in [2.45, 2.75) is 19.3 Å².